The number of nitrogen functional groups attached to an aromatic ring is 1. The highest BCUT2D eigenvalue weighted by Crippen LogP contribution is 2.22. The summed E-state index contributed by atoms with van der Waals surface area (Å²) in [7, 11) is 0. The normalized spacial score (nSPS) is 12.8. The van der Waals surface area contributed by atoms with Crippen molar-refractivity contribution in [3.8, 4) is 0 Å². The summed E-state index contributed by atoms with van der Waals surface area (Å²) in [5, 5.41) is 9.88. The van der Waals surface area contributed by atoms with Crippen molar-refractivity contribution in [3.05, 3.63) is 18.3 Å². The van der Waals surface area contributed by atoms with E-state index in [2.05, 4.69) is 4.98 Å². The fourth-order valence-electron chi connectivity index (χ4n) is 0.850. The van der Waals surface area contributed by atoms with Gasteiger partial charge in [0.05, 0.1) is 11.8 Å². The number of thioether (sulfide) groups is 1. The first-order valence-corrected chi connectivity index (χ1v) is 5.20. The molecule has 0 bridgehead atoms. The highest BCUT2D eigenvalue weighted by Gasteiger charge is 2.01. The molecular formula is C9H14N2OS. The van der Waals surface area contributed by atoms with Gasteiger partial charge in [0.1, 0.15) is 5.03 Å². The number of rotatable bonds is 4. The van der Waals surface area contributed by atoms with Crippen LogP contribution in [-0.4, -0.2) is 21.9 Å². The van der Waals surface area contributed by atoms with E-state index in [1.807, 2.05) is 12.1 Å². The molecule has 0 saturated heterocycles. The number of hydrogen-bond donors (Lipinski definition) is 2. The zero-order valence-corrected chi connectivity index (χ0v) is 8.42. The Kier molecular flexibility index (Phi) is 4.05. The van der Waals surface area contributed by atoms with Crippen molar-refractivity contribution in [3.63, 3.8) is 0 Å². The molecule has 3 N–H and O–H groups in total. The maximum atomic E-state index is 9.03. The van der Waals surface area contributed by atoms with Gasteiger partial charge < -0.3 is 10.8 Å². The molecule has 72 valence electrons. The fraction of sp³-hybridized carbons (Fsp3) is 0.444. The van der Waals surface area contributed by atoms with Gasteiger partial charge in [-0.1, -0.05) is 0 Å². The molecule has 0 aromatic carbocycles. The smallest absolute Gasteiger partial charge is 0.119 e. The van der Waals surface area contributed by atoms with E-state index in [0.717, 1.165) is 17.2 Å². The van der Waals surface area contributed by atoms with Crippen LogP contribution in [0.25, 0.3) is 0 Å². The van der Waals surface area contributed by atoms with Gasteiger partial charge in [0.15, 0.2) is 0 Å². The second-order valence-corrected chi connectivity index (χ2v) is 3.97. The van der Waals surface area contributed by atoms with Crippen LogP contribution in [0.2, 0.25) is 0 Å². The molecule has 0 fully saturated rings. The molecule has 13 heavy (non-hydrogen) atoms. The van der Waals surface area contributed by atoms with Crippen LogP contribution in [0, 0.1) is 0 Å². The zero-order valence-electron chi connectivity index (χ0n) is 7.60. The Balaban J connectivity index is 2.41. The molecule has 1 aromatic rings. The summed E-state index contributed by atoms with van der Waals surface area (Å²) in [5.41, 5.74) is 6.40. The second-order valence-electron chi connectivity index (χ2n) is 2.88. The summed E-state index contributed by atoms with van der Waals surface area (Å²) in [6.45, 7) is 1.78. The topological polar surface area (TPSA) is 59.1 Å². The molecule has 1 atom stereocenters. The molecule has 1 unspecified atom stereocenters. The Morgan fingerprint density at radius 2 is 2.46 bits per heavy atom. The zero-order chi connectivity index (χ0) is 9.68. The number of nitrogens with zero attached hydrogens (tertiary/aromatic N) is 1. The van der Waals surface area contributed by atoms with Gasteiger partial charge in [-0.15, -0.1) is 11.8 Å². The number of anilines is 1. The molecule has 0 aliphatic rings. The Morgan fingerprint density at radius 1 is 1.69 bits per heavy atom. The second kappa shape index (κ2) is 5.09. The molecule has 0 aliphatic heterocycles. The van der Waals surface area contributed by atoms with Crippen LogP contribution < -0.4 is 5.73 Å². The van der Waals surface area contributed by atoms with Crippen LogP contribution in [0.3, 0.4) is 0 Å². The lowest BCUT2D eigenvalue weighted by atomic mass is 10.3. The molecule has 0 amide bonds. The quantitative estimate of drug-likeness (QED) is 0.720. The van der Waals surface area contributed by atoms with Crippen LogP contribution >= 0.6 is 11.8 Å². The summed E-state index contributed by atoms with van der Waals surface area (Å²) in [6.07, 6.45) is 2.24. The molecule has 1 aromatic heterocycles. The maximum Gasteiger partial charge on any atom is 0.119 e. The number of hydrogen-bond acceptors (Lipinski definition) is 4. The predicted molar refractivity (Wildman–Crippen MR) is 55.7 cm³/mol. The first-order valence-electron chi connectivity index (χ1n) is 4.21. The first kappa shape index (κ1) is 10.3. The molecule has 1 heterocycles. The van der Waals surface area contributed by atoms with Gasteiger partial charge >= 0.3 is 0 Å². The van der Waals surface area contributed by atoms with E-state index in [1.54, 1.807) is 24.9 Å². The van der Waals surface area contributed by atoms with E-state index in [4.69, 9.17) is 10.8 Å². The Bertz CT molecular complexity index is 266. The molecule has 0 spiro atoms. The van der Waals surface area contributed by atoms with Crippen LogP contribution in [-0.2, 0) is 0 Å². The van der Waals surface area contributed by atoms with E-state index in [-0.39, 0.29) is 6.10 Å². The van der Waals surface area contributed by atoms with Gasteiger partial charge in [0.2, 0.25) is 0 Å². The Morgan fingerprint density at radius 3 is 3.08 bits per heavy atom. The van der Waals surface area contributed by atoms with Gasteiger partial charge in [-0.25, -0.2) is 4.98 Å². The van der Waals surface area contributed by atoms with Crippen molar-refractivity contribution in [2.75, 3.05) is 11.5 Å². The number of aliphatic hydroxyl groups excluding tert-OH is 1. The summed E-state index contributed by atoms with van der Waals surface area (Å²) >= 11 is 1.58. The van der Waals surface area contributed by atoms with Crippen molar-refractivity contribution in [1.82, 2.24) is 4.98 Å². The average molecular weight is 198 g/mol. The van der Waals surface area contributed by atoms with E-state index >= 15 is 0 Å². The summed E-state index contributed by atoms with van der Waals surface area (Å²) in [5.74, 6) is 0.846. The highest BCUT2D eigenvalue weighted by molar-refractivity contribution is 7.99. The maximum absolute atomic E-state index is 9.03. The lowest BCUT2D eigenvalue weighted by Gasteiger charge is -2.04. The van der Waals surface area contributed by atoms with E-state index in [9.17, 15) is 0 Å². The Hall–Kier alpha value is -0.740. The lowest BCUT2D eigenvalue weighted by Crippen LogP contribution is -2.01. The molecule has 0 radical (unpaired) electrons. The SMILES string of the molecule is CC(O)CCSc1ncccc1N. The standard InChI is InChI=1S/C9H14N2OS/c1-7(12)4-6-13-9-8(10)3-2-5-11-9/h2-3,5,7,12H,4,6,10H2,1H3. The van der Waals surface area contributed by atoms with Crippen molar-refractivity contribution < 1.29 is 5.11 Å². The number of nitrogens with two attached hydrogens (primary N) is 1. The van der Waals surface area contributed by atoms with Crippen molar-refractivity contribution in [2.45, 2.75) is 24.5 Å². The largest absolute Gasteiger partial charge is 0.397 e. The van der Waals surface area contributed by atoms with E-state index in [1.165, 1.54) is 0 Å². The summed E-state index contributed by atoms with van der Waals surface area (Å²) in [6, 6.07) is 3.64. The first-order chi connectivity index (χ1) is 6.20. The van der Waals surface area contributed by atoms with Gasteiger partial charge in [-0.2, -0.15) is 0 Å². The van der Waals surface area contributed by atoms with Crippen LogP contribution in [0.4, 0.5) is 5.69 Å². The summed E-state index contributed by atoms with van der Waals surface area (Å²) in [4.78, 5) is 4.13. The van der Waals surface area contributed by atoms with E-state index in [0.29, 0.717) is 5.69 Å². The third-order valence-corrected chi connectivity index (χ3v) is 2.63. The third kappa shape index (κ3) is 3.65. The van der Waals surface area contributed by atoms with Crippen molar-refractivity contribution >= 4 is 17.4 Å². The molecule has 1 rings (SSSR count). The van der Waals surface area contributed by atoms with Crippen molar-refractivity contribution in [1.29, 1.82) is 0 Å². The average Bonchev–Trinajstić information content (AvgIpc) is 2.08. The number of pyridine rings is 1. The number of aromatic nitrogens is 1. The molecule has 3 nitrogen and oxygen atoms in total. The van der Waals surface area contributed by atoms with Gasteiger partial charge in [0, 0.05) is 11.9 Å². The Labute approximate surface area is 82.4 Å². The summed E-state index contributed by atoms with van der Waals surface area (Å²) < 4.78 is 0. The highest BCUT2D eigenvalue weighted by atomic mass is 32.2. The molecule has 0 saturated carbocycles. The lowest BCUT2D eigenvalue weighted by molar-refractivity contribution is 0.192. The molecular weight excluding hydrogens is 184 g/mol. The van der Waals surface area contributed by atoms with Crippen LogP contribution in [0.5, 0.6) is 0 Å². The predicted octanol–water partition coefficient (Wildman–Crippen LogP) is 1.53. The molecule has 0 aliphatic carbocycles. The minimum absolute atomic E-state index is 0.252. The van der Waals surface area contributed by atoms with E-state index < -0.39 is 0 Å². The monoisotopic (exact) mass is 198 g/mol. The van der Waals surface area contributed by atoms with Gasteiger partial charge in [-0.3, -0.25) is 0 Å². The third-order valence-electron chi connectivity index (χ3n) is 1.57. The number of aliphatic hydroxyl groups is 1. The van der Waals surface area contributed by atoms with Crippen molar-refractivity contribution in [2.24, 2.45) is 0 Å². The van der Waals surface area contributed by atoms with Crippen LogP contribution in [0.15, 0.2) is 23.4 Å². The minimum atomic E-state index is -0.252. The van der Waals surface area contributed by atoms with Gasteiger partial charge in [0.25, 0.3) is 0 Å². The van der Waals surface area contributed by atoms with Gasteiger partial charge in [-0.05, 0) is 25.5 Å². The molecule has 4 heteroatoms. The fourth-order valence-corrected chi connectivity index (χ4v) is 1.87. The van der Waals surface area contributed by atoms with Crippen LogP contribution in [0.1, 0.15) is 13.3 Å². The minimum Gasteiger partial charge on any atom is -0.397 e.